The first-order valence-electron chi connectivity index (χ1n) is 10.4. The van der Waals surface area contributed by atoms with Gasteiger partial charge >= 0.3 is 11.9 Å². The van der Waals surface area contributed by atoms with Gasteiger partial charge in [-0.05, 0) is 59.5 Å². The molecular weight excluding hydrogens is 442 g/mol. The van der Waals surface area contributed by atoms with E-state index in [1.165, 1.54) is 41.2 Å². The molecular formula is C25H23NO6S. The fourth-order valence-corrected chi connectivity index (χ4v) is 5.09. The van der Waals surface area contributed by atoms with Crippen molar-refractivity contribution >= 4 is 22.0 Å². The summed E-state index contributed by atoms with van der Waals surface area (Å²) in [7, 11) is -2.37. The molecule has 4 rings (SSSR count). The van der Waals surface area contributed by atoms with Crippen LogP contribution in [0.1, 0.15) is 37.4 Å². The Morgan fingerprint density at radius 3 is 2.12 bits per heavy atom. The van der Waals surface area contributed by atoms with Crippen LogP contribution in [0.2, 0.25) is 0 Å². The summed E-state index contributed by atoms with van der Waals surface area (Å²) in [5, 5.41) is 0. The average molecular weight is 466 g/mol. The summed E-state index contributed by atoms with van der Waals surface area (Å²) >= 11 is 0. The van der Waals surface area contributed by atoms with E-state index in [9.17, 15) is 18.0 Å². The Balaban J connectivity index is 1.39. The molecule has 0 amide bonds. The highest BCUT2D eigenvalue weighted by molar-refractivity contribution is 7.89. The van der Waals surface area contributed by atoms with Crippen LogP contribution in [0.25, 0.3) is 0 Å². The number of hydrogen-bond donors (Lipinski definition) is 0. The lowest BCUT2D eigenvalue weighted by atomic mass is 10.0. The number of carbonyl (C=O) groups is 2. The van der Waals surface area contributed by atoms with E-state index in [-0.39, 0.29) is 17.1 Å². The van der Waals surface area contributed by atoms with Crippen LogP contribution in [-0.4, -0.2) is 38.3 Å². The van der Waals surface area contributed by atoms with Gasteiger partial charge in [-0.3, -0.25) is 0 Å². The maximum absolute atomic E-state index is 13.1. The highest BCUT2D eigenvalue weighted by atomic mass is 32.2. The molecule has 0 N–H and O–H groups in total. The lowest BCUT2D eigenvalue weighted by molar-refractivity contribution is 0.0471. The quantitative estimate of drug-likeness (QED) is 0.517. The standard InChI is InChI=1S/C25H23NO6S/c1-31-24(27)20-8-6-18(7-9-20)17-32-25(28)21-10-12-23(13-11-21)33(29,30)26-15-14-19-4-2-3-5-22(19)16-26/h2-13H,14-17H2,1H3. The topological polar surface area (TPSA) is 90.0 Å². The lowest BCUT2D eigenvalue weighted by Crippen LogP contribution is -2.35. The molecule has 0 atom stereocenters. The number of hydrogen-bond acceptors (Lipinski definition) is 6. The molecule has 8 heteroatoms. The third-order valence-corrected chi connectivity index (χ3v) is 7.43. The smallest absolute Gasteiger partial charge is 0.338 e. The van der Waals surface area contributed by atoms with E-state index < -0.39 is 22.0 Å². The number of carbonyl (C=O) groups excluding carboxylic acids is 2. The largest absolute Gasteiger partial charge is 0.465 e. The number of esters is 2. The van der Waals surface area contributed by atoms with Gasteiger partial charge in [-0.25, -0.2) is 18.0 Å². The van der Waals surface area contributed by atoms with Crippen LogP contribution in [0.4, 0.5) is 0 Å². The number of nitrogens with zero attached hydrogens (tertiary/aromatic N) is 1. The zero-order valence-electron chi connectivity index (χ0n) is 18.1. The summed E-state index contributed by atoms with van der Waals surface area (Å²) in [6.45, 7) is 0.766. The Morgan fingerprint density at radius 1 is 0.848 bits per heavy atom. The van der Waals surface area contributed by atoms with Gasteiger partial charge < -0.3 is 9.47 Å². The van der Waals surface area contributed by atoms with Crippen molar-refractivity contribution in [2.75, 3.05) is 13.7 Å². The molecule has 3 aromatic carbocycles. The predicted octanol–water partition coefficient (Wildman–Crippen LogP) is 3.58. The van der Waals surface area contributed by atoms with Crippen molar-refractivity contribution in [3.63, 3.8) is 0 Å². The maximum atomic E-state index is 13.1. The second kappa shape index (κ2) is 9.56. The van der Waals surface area contributed by atoms with Crippen molar-refractivity contribution in [3.8, 4) is 0 Å². The Bertz CT molecular complexity index is 1270. The van der Waals surface area contributed by atoms with Gasteiger partial charge in [0.05, 0.1) is 23.1 Å². The van der Waals surface area contributed by atoms with Crippen LogP contribution in [0.5, 0.6) is 0 Å². The molecule has 0 radical (unpaired) electrons. The third-order valence-electron chi connectivity index (χ3n) is 5.57. The second-order valence-corrected chi connectivity index (χ2v) is 9.58. The van der Waals surface area contributed by atoms with Gasteiger partial charge in [-0.15, -0.1) is 0 Å². The van der Waals surface area contributed by atoms with Gasteiger partial charge in [0, 0.05) is 13.1 Å². The Morgan fingerprint density at radius 2 is 1.45 bits per heavy atom. The van der Waals surface area contributed by atoms with Crippen LogP contribution < -0.4 is 0 Å². The zero-order chi connectivity index (χ0) is 23.4. The molecule has 0 saturated heterocycles. The van der Waals surface area contributed by atoms with E-state index >= 15 is 0 Å². The first-order valence-corrected chi connectivity index (χ1v) is 11.8. The van der Waals surface area contributed by atoms with Crippen LogP contribution in [-0.2, 0) is 39.1 Å². The number of rotatable bonds is 6. The Kier molecular flexibility index (Phi) is 6.57. The van der Waals surface area contributed by atoms with Crippen molar-refractivity contribution < 1.29 is 27.5 Å². The van der Waals surface area contributed by atoms with Gasteiger partial charge in [0.2, 0.25) is 10.0 Å². The minimum Gasteiger partial charge on any atom is -0.465 e. The molecule has 0 saturated carbocycles. The number of ether oxygens (including phenoxy) is 2. The van der Waals surface area contributed by atoms with Gasteiger partial charge in [-0.2, -0.15) is 4.31 Å². The van der Waals surface area contributed by atoms with Crippen molar-refractivity contribution in [2.45, 2.75) is 24.5 Å². The molecule has 0 spiro atoms. The summed E-state index contributed by atoms with van der Waals surface area (Å²) in [4.78, 5) is 24.0. The van der Waals surface area contributed by atoms with Crippen molar-refractivity contribution in [3.05, 3.63) is 101 Å². The van der Waals surface area contributed by atoms with Crippen LogP contribution in [0.15, 0.2) is 77.7 Å². The first-order chi connectivity index (χ1) is 15.9. The minimum atomic E-state index is -3.67. The fourth-order valence-electron chi connectivity index (χ4n) is 3.67. The van der Waals surface area contributed by atoms with E-state index in [2.05, 4.69) is 4.74 Å². The van der Waals surface area contributed by atoms with Gasteiger partial charge in [0.25, 0.3) is 0 Å². The molecule has 7 nitrogen and oxygen atoms in total. The van der Waals surface area contributed by atoms with Crippen LogP contribution in [0.3, 0.4) is 0 Å². The van der Waals surface area contributed by atoms with Gasteiger partial charge in [0.15, 0.2) is 0 Å². The zero-order valence-corrected chi connectivity index (χ0v) is 18.9. The molecule has 170 valence electrons. The second-order valence-electron chi connectivity index (χ2n) is 7.65. The number of methoxy groups -OCH3 is 1. The minimum absolute atomic E-state index is 0.0214. The van der Waals surface area contributed by atoms with E-state index in [1.54, 1.807) is 24.3 Å². The summed E-state index contributed by atoms with van der Waals surface area (Å²) < 4.78 is 37.5. The fraction of sp³-hybridized carbons (Fsp3) is 0.200. The SMILES string of the molecule is COC(=O)c1ccc(COC(=O)c2ccc(S(=O)(=O)N3CCc4ccccc4C3)cc2)cc1. The molecule has 0 unspecified atom stereocenters. The molecule has 1 aliphatic heterocycles. The van der Waals surface area contributed by atoms with Crippen LogP contribution >= 0.6 is 0 Å². The third kappa shape index (κ3) is 4.97. The summed E-state index contributed by atoms with van der Waals surface area (Å²) in [5.41, 5.74) is 3.54. The van der Waals surface area contributed by atoms with Crippen LogP contribution in [0, 0.1) is 0 Å². The normalized spacial score (nSPS) is 13.7. The molecule has 33 heavy (non-hydrogen) atoms. The van der Waals surface area contributed by atoms with E-state index in [0.717, 1.165) is 5.56 Å². The number of sulfonamides is 1. The van der Waals surface area contributed by atoms with Crippen molar-refractivity contribution in [1.82, 2.24) is 4.31 Å². The predicted molar refractivity (Wildman–Crippen MR) is 121 cm³/mol. The highest BCUT2D eigenvalue weighted by Crippen LogP contribution is 2.25. The molecule has 1 heterocycles. The molecule has 3 aromatic rings. The summed E-state index contributed by atoms with van der Waals surface area (Å²) in [6.07, 6.45) is 0.667. The van der Waals surface area contributed by atoms with Crippen molar-refractivity contribution in [1.29, 1.82) is 0 Å². The highest BCUT2D eigenvalue weighted by Gasteiger charge is 2.28. The van der Waals surface area contributed by atoms with E-state index in [0.29, 0.717) is 30.6 Å². The molecule has 0 aromatic heterocycles. The van der Waals surface area contributed by atoms with E-state index in [1.807, 2.05) is 24.3 Å². The lowest BCUT2D eigenvalue weighted by Gasteiger charge is -2.28. The number of benzene rings is 3. The van der Waals surface area contributed by atoms with Gasteiger partial charge in [-0.1, -0.05) is 36.4 Å². The van der Waals surface area contributed by atoms with Gasteiger partial charge in [0.1, 0.15) is 6.61 Å². The number of fused-ring (bicyclic) bond motifs is 1. The van der Waals surface area contributed by atoms with Crippen molar-refractivity contribution in [2.24, 2.45) is 0 Å². The first kappa shape index (κ1) is 22.7. The Hall–Kier alpha value is -3.49. The molecule has 0 fully saturated rings. The monoisotopic (exact) mass is 465 g/mol. The summed E-state index contributed by atoms with van der Waals surface area (Å²) in [5.74, 6) is -1.01. The molecule has 0 bridgehead atoms. The van der Waals surface area contributed by atoms with E-state index in [4.69, 9.17) is 4.74 Å². The average Bonchev–Trinajstić information content (AvgIpc) is 2.86. The maximum Gasteiger partial charge on any atom is 0.338 e. The summed E-state index contributed by atoms with van der Waals surface area (Å²) in [6, 6.07) is 20.1. The Labute approximate surface area is 192 Å². The molecule has 1 aliphatic rings. The molecule has 0 aliphatic carbocycles.